The lowest BCUT2D eigenvalue weighted by atomic mass is 9.98. The summed E-state index contributed by atoms with van der Waals surface area (Å²) in [5.41, 5.74) is 5.55. The van der Waals surface area contributed by atoms with Gasteiger partial charge in [-0.1, -0.05) is 31.2 Å². The normalized spacial score (nSPS) is 12.2. The smallest absolute Gasteiger partial charge is 0.384 e. The second-order valence-electron chi connectivity index (χ2n) is 5.26. The molecule has 0 unspecified atom stereocenters. The van der Waals surface area contributed by atoms with Gasteiger partial charge in [0.2, 0.25) is 0 Å². The van der Waals surface area contributed by atoms with E-state index in [0.29, 0.717) is 12.8 Å². The van der Waals surface area contributed by atoms with Crippen molar-refractivity contribution in [3.63, 3.8) is 0 Å². The van der Waals surface area contributed by atoms with E-state index in [1.54, 1.807) is 13.8 Å². The average molecular weight is 333 g/mol. The molecule has 0 radical (unpaired) electrons. The molecule has 0 aromatic heterocycles. The summed E-state index contributed by atoms with van der Waals surface area (Å²) in [6, 6.07) is 0. The Bertz CT molecular complexity index is 423. The van der Waals surface area contributed by atoms with Crippen molar-refractivity contribution in [3.05, 3.63) is 0 Å². The number of amides is 1. The van der Waals surface area contributed by atoms with Gasteiger partial charge in [-0.2, -0.15) is 0 Å². The molecule has 0 saturated heterocycles. The van der Waals surface area contributed by atoms with E-state index >= 15 is 0 Å². The highest BCUT2D eigenvalue weighted by atomic mass is 32.2. The number of oxime groups is 1. The van der Waals surface area contributed by atoms with Crippen LogP contribution in [0.15, 0.2) is 5.16 Å². The highest BCUT2D eigenvalue weighted by molar-refractivity contribution is 7.99. The number of thiocarbonyl (C=S) groups is 1. The average Bonchev–Trinajstić information content (AvgIpc) is 2.40. The van der Waals surface area contributed by atoms with E-state index in [-0.39, 0.29) is 17.5 Å². The van der Waals surface area contributed by atoms with Crippen molar-refractivity contribution < 1.29 is 14.4 Å². The Labute approximate surface area is 135 Å². The maximum atomic E-state index is 12.0. The highest BCUT2D eigenvalue weighted by Crippen LogP contribution is 2.30. The molecule has 0 aliphatic rings. The largest absolute Gasteiger partial charge is 0.445 e. The molecule has 0 fully saturated rings. The van der Waals surface area contributed by atoms with E-state index in [1.807, 2.05) is 13.8 Å². The number of hydrogen-bond donors (Lipinski definition) is 1. The topological polar surface area (TPSA) is 85.0 Å². The molecule has 2 N–H and O–H groups in total. The summed E-state index contributed by atoms with van der Waals surface area (Å²) in [5, 5.41) is 5.07. The fraction of sp³-hybridized carbons (Fsp3) is 0.692. The second-order valence-corrected chi connectivity index (χ2v) is 7.35. The predicted octanol–water partition coefficient (Wildman–Crippen LogP) is 2.76. The molecule has 0 atom stereocenters. The van der Waals surface area contributed by atoms with Crippen molar-refractivity contribution in [3.8, 4) is 0 Å². The molecular weight excluding hydrogens is 310 g/mol. The van der Waals surface area contributed by atoms with Crippen LogP contribution in [0.2, 0.25) is 0 Å². The molecule has 6 nitrogen and oxygen atoms in total. The van der Waals surface area contributed by atoms with Crippen molar-refractivity contribution in [2.75, 3.05) is 7.05 Å². The summed E-state index contributed by atoms with van der Waals surface area (Å²) in [6.07, 6.45) is 0.336. The molecule has 0 spiro atoms. The minimum absolute atomic E-state index is 0.0520. The van der Waals surface area contributed by atoms with Gasteiger partial charge in [-0.25, -0.2) is 4.79 Å². The van der Waals surface area contributed by atoms with Crippen LogP contribution in [-0.4, -0.2) is 39.2 Å². The maximum absolute atomic E-state index is 12.0. The summed E-state index contributed by atoms with van der Waals surface area (Å²) in [7, 11) is 1.52. The van der Waals surface area contributed by atoms with Crippen molar-refractivity contribution in [1.82, 2.24) is 4.31 Å². The monoisotopic (exact) mass is 333 g/mol. The first-order valence-corrected chi connectivity index (χ1v) is 7.80. The molecule has 0 aromatic rings. The van der Waals surface area contributed by atoms with Crippen LogP contribution in [0, 0.1) is 5.92 Å². The fourth-order valence-electron chi connectivity index (χ4n) is 1.53. The molecule has 0 aromatic carbocycles. The van der Waals surface area contributed by atoms with Crippen molar-refractivity contribution in [1.29, 1.82) is 0 Å². The Kier molecular flexibility index (Phi) is 8.50. The molecule has 0 bridgehead atoms. The van der Waals surface area contributed by atoms with Crippen LogP contribution in [-0.2, 0) is 9.63 Å². The third-order valence-corrected chi connectivity index (χ3v) is 3.82. The van der Waals surface area contributed by atoms with Gasteiger partial charge in [0.05, 0.1) is 4.75 Å². The minimum Gasteiger partial charge on any atom is -0.384 e. The number of Topliss-reactive ketones (excluding diaryl/α,β-unsaturated/α-hetero) is 1. The third-order valence-electron chi connectivity index (χ3n) is 2.50. The lowest BCUT2D eigenvalue weighted by Crippen LogP contribution is -2.36. The standard InChI is InChI=1S/C13H23N3O3S2/c1-9(2)11(17)13(3,4)21-16(5)12(18)19-15-10(14)7-6-8-20/h8-9H,6-7H2,1-5H3,(H2,14,15). The Hall–Kier alpha value is -1.15. The maximum Gasteiger partial charge on any atom is 0.445 e. The van der Waals surface area contributed by atoms with Gasteiger partial charge in [0.15, 0.2) is 5.78 Å². The number of ketones is 1. The first-order valence-electron chi connectivity index (χ1n) is 6.56. The quantitative estimate of drug-likeness (QED) is 0.184. The number of carbonyl (C=O) groups is 2. The summed E-state index contributed by atoms with van der Waals surface area (Å²) in [4.78, 5) is 28.5. The van der Waals surface area contributed by atoms with Gasteiger partial charge in [-0.15, -0.1) is 0 Å². The predicted molar refractivity (Wildman–Crippen MR) is 90.3 cm³/mol. The number of rotatable bonds is 8. The number of amidine groups is 1. The summed E-state index contributed by atoms with van der Waals surface area (Å²) >= 11 is 5.76. The van der Waals surface area contributed by atoms with E-state index in [0.717, 1.165) is 11.9 Å². The fourth-order valence-corrected chi connectivity index (χ4v) is 2.76. The van der Waals surface area contributed by atoms with Crippen LogP contribution in [0.3, 0.4) is 0 Å². The van der Waals surface area contributed by atoms with Crippen molar-refractivity contribution in [2.24, 2.45) is 16.8 Å². The van der Waals surface area contributed by atoms with E-state index in [4.69, 9.17) is 10.6 Å². The number of nitrogens with two attached hydrogens (primary N) is 1. The Morgan fingerprint density at radius 2 is 2.05 bits per heavy atom. The van der Waals surface area contributed by atoms with Crippen LogP contribution in [0.25, 0.3) is 0 Å². The van der Waals surface area contributed by atoms with Gasteiger partial charge < -0.3 is 5.73 Å². The molecular formula is C13H23N3O3S2. The summed E-state index contributed by atoms with van der Waals surface area (Å²) in [5.74, 6) is 0.136. The first kappa shape index (κ1) is 19.9. The second kappa shape index (κ2) is 8.99. The van der Waals surface area contributed by atoms with Crippen molar-refractivity contribution >= 4 is 47.2 Å². The molecule has 0 aliphatic heterocycles. The number of carbonyl (C=O) groups excluding carboxylic acids is 2. The zero-order valence-corrected chi connectivity index (χ0v) is 14.7. The first-order chi connectivity index (χ1) is 9.61. The number of nitrogens with zero attached hydrogens (tertiary/aromatic N) is 2. The molecule has 0 rings (SSSR count). The zero-order valence-electron chi connectivity index (χ0n) is 13.1. The molecule has 8 heteroatoms. The highest BCUT2D eigenvalue weighted by Gasteiger charge is 2.33. The lowest BCUT2D eigenvalue weighted by Gasteiger charge is -2.28. The van der Waals surface area contributed by atoms with E-state index in [9.17, 15) is 9.59 Å². The summed E-state index contributed by atoms with van der Waals surface area (Å²) < 4.78 is 0.505. The lowest BCUT2D eigenvalue weighted by molar-refractivity contribution is -0.123. The zero-order chi connectivity index (χ0) is 16.6. The van der Waals surface area contributed by atoms with Crippen LogP contribution in [0.1, 0.15) is 40.5 Å². The van der Waals surface area contributed by atoms with Crippen molar-refractivity contribution in [2.45, 2.75) is 45.3 Å². The van der Waals surface area contributed by atoms with Crippen LogP contribution in [0.5, 0.6) is 0 Å². The van der Waals surface area contributed by atoms with Gasteiger partial charge in [-0.3, -0.25) is 13.9 Å². The third kappa shape index (κ3) is 7.42. The molecule has 21 heavy (non-hydrogen) atoms. The minimum atomic E-state index is -0.728. The van der Waals surface area contributed by atoms with E-state index in [1.165, 1.54) is 16.7 Å². The van der Waals surface area contributed by atoms with Crippen LogP contribution < -0.4 is 5.73 Å². The van der Waals surface area contributed by atoms with E-state index < -0.39 is 10.8 Å². The van der Waals surface area contributed by atoms with Crippen LogP contribution in [0.4, 0.5) is 4.79 Å². The van der Waals surface area contributed by atoms with E-state index in [2.05, 4.69) is 17.4 Å². The SMILES string of the molecule is CC(C)C(=O)C(C)(C)SN(C)C(=O)ON=C(N)CCC=S. The van der Waals surface area contributed by atoms with Gasteiger partial charge in [0.1, 0.15) is 5.84 Å². The Morgan fingerprint density at radius 3 is 2.52 bits per heavy atom. The summed E-state index contributed by atoms with van der Waals surface area (Å²) in [6.45, 7) is 7.18. The molecule has 0 heterocycles. The Morgan fingerprint density at radius 1 is 1.48 bits per heavy atom. The molecule has 0 aliphatic carbocycles. The van der Waals surface area contributed by atoms with Crippen LogP contribution >= 0.6 is 24.2 Å². The van der Waals surface area contributed by atoms with Gasteiger partial charge in [0, 0.05) is 19.4 Å². The van der Waals surface area contributed by atoms with Gasteiger partial charge >= 0.3 is 6.09 Å². The molecule has 1 amide bonds. The van der Waals surface area contributed by atoms with Gasteiger partial charge in [-0.05, 0) is 37.6 Å². The Balaban J connectivity index is 4.52. The number of hydrogen-bond acceptors (Lipinski definition) is 6. The van der Waals surface area contributed by atoms with Gasteiger partial charge in [0.25, 0.3) is 0 Å². The molecule has 0 saturated carbocycles. The molecule has 120 valence electrons.